The largest absolute Gasteiger partial charge is 0.494 e. The molecule has 0 atom stereocenters. The van der Waals surface area contributed by atoms with Crippen LogP contribution in [0.2, 0.25) is 0 Å². The molecule has 3 rings (SSSR count). The zero-order valence-corrected chi connectivity index (χ0v) is 20.5. The summed E-state index contributed by atoms with van der Waals surface area (Å²) in [5.74, 6) is 1.40. The van der Waals surface area contributed by atoms with E-state index in [9.17, 15) is 13.2 Å². The fourth-order valence-electron chi connectivity index (χ4n) is 2.83. The lowest BCUT2D eigenvalue weighted by atomic mass is 10.1. The van der Waals surface area contributed by atoms with Crippen molar-refractivity contribution in [3.8, 4) is 5.75 Å². The molecule has 0 unspecified atom stereocenters. The third-order valence-corrected chi connectivity index (χ3v) is 6.37. The number of sulfonamides is 1. The first-order valence-electron chi connectivity index (χ1n) is 10.7. The first kappa shape index (κ1) is 25.4. The monoisotopic (exact) mass is 501 g/mol. The molecule has 0 saturated carbocycles. The Morgan fingerprint density at radius 3 is 2.38 bits per heavy atom. The second-order valence-electron chi connectivity index (χ2n) is 7.89. The number of nitrogens with one attached hydrogen (secondary N) is 3. The Balaban J connectivity index is 1.50. The van der Waals surface area contributed by atoms with E-state index in [-0.39, 0.29) is 22.5 Å². The van der Waals surface area contributed by atoms with Crippen LogP contribution >= 0.6 is 12.2 Å². The van der Waals surface area contributed by atoms with Crippen LogP contribution in [0.4, 0.5) is 5.69 Å². The highest BCUT2D eigenvalue weighted by molar-refractivity contribution is 7.89. The average molecular weight is 502 g/mol. The maximum atomic E-state index is 12.4. The smallest absolute Gasteiger partial charge is 0.257 e. The highest BCUT2D eigenvalue weighted by Gasteiger charge is 2.15. The van der Waals surface area contributed by atoms with Crippen LogP contribution in [0.15, 0.2) is 76.2 Å². The minimum absolute atomic E-state index is 0.0521. The van der Waals surface area contributed by atoms with Crippen molar-refractivity contribution in [3.63, 3.8) is 0 Å². The van der Waals surface area contributed by atoms with E-state index >= 15 is 0 Å². The maximum absolute atomic E-state index is 12.4. The zero-order valence-electron chi connectivity index (χ0n) is 18.9. The van der Waals surface area contributed by atoms with Gasteiger partial charge in [-0.3, -0.25) is 10.1 Å². The Kier molecular flexibility index (Phi) is 8.80. The van der Waals surface area contributed by atoms with Crippen LogP contribution in [0.5, 0.6) is 5.75 Å². The van der Waals surface area contributed by atoms with Crippen LogP contribution in [0, 0.1) is 5.92 Å². The molecule has 3 aromatic rings. The molecule has 10 heteroatoms. The summed E-state index contributed by atoms with van der Waals surface area (Å²) in [4.78, 5) is 12.5. The predicted octanol–water partition coefficient (Wildman–Crippen LogP) is 4.31. The van der Waals surface area contributed by atoms with Gasteiger partial charge in [0.05, 0.1) is 24.3 Å². The molecule has 0 aliphatic carbocycles. The third kappa shape index (κ3) is 7.68. The number of amides is 1. The van der Waals surface area contributed by atoms with Gasteiger partial charge < -0.3 is 14.5 Å². The van der Waals surface area contributed by atoms with Crippen LogP contribution in [-0.4, -0.2) is 26.0 Å². The molecule has 0 aliphatic heterocycles. The highest BCUT2D eigenvalue weighted by Crippen LogP contribution is 2.16. The summed E-state index contributed by atoms with van der Waals surface area (Å²) in [5.41, 5.74) is 0.966. The van der Waals surface area contributed by atoms with Gasteiger partial charge in [-0.25, -0.2) is 13.1 Å². The number of ether oxygens (including phenoxy) is 1. The molecule has 0 spiro atoms. The molecule has 0 aliphatic rings. The Morgan fingerprint density at radius 2 is 1.76 bits per heavy atom. The summed E-state index contributed by atoms with van der Waals surface area (Å²) < 4.78 is 38.1. The van der Waals surface area contributed by atoms with Gasteiger partial charge >= 0.3 is 0 Å². The molecule has 2 aromatic carbocycles. The first-order valence-corrected chi connectivity index (χ1v) is 12.6. The van der Waals surface area contributed by atoms with Gasteiger partial charge in [0, 0.05) is 11.3 Å². The van der Waals surface area contributed by atoms with Crippen molar-refractivity contribution in [1.29, 1.82) is 0 Å². The topological polar surface area (TPSA) is 110 Å². The Labute approximate surface area is 204 Å². The van der Waals surface area contributed by atoms with E-state index in [2.05, 4.69) is 29.2 Å². The van der Waals surface area contributed by atoms with E-state index in [1.54, 1.807) is 48.5 Å². The number of hydrogen-bond donors (Lipinski definition) is 3. The van der Waals surface area contributed by atoms with Crippen LogP contribution in [0.3, 0.4) is 0 Å². The molecule has 0 bridgehead atoms. The number of hydrogen-bond acceptors (Lipinski definition) is 6. The molecular formula is C24H27N3O5S2. The van der Waals surface area contributed by atoms with Crippen LogP contribution in [0.25, 0.3) is 0 Å². The fourth-order valence-corrected chi connectivity index (χ4v) is 4.04. The lowest BCUT2D eigenvalue weighted by molar-refractivity contribution is 0.0977. The number of benzene rings is 2. The van der Waals surface area contributed by atoms with Crippen molar-refractivity contribution >= 4 is 38.9 Å². The number of furan rings is 1. The number of thiocarbonyl (C=S) groups is 1. The molecule has 0 fully saturated rings. The predicted molar refractivity (Wildman–Crippen MR) is 134 cm³/mol. The van der Waals surface area contributed by atoms with E-state index in [1.165, 1.54) is 18.4 Å². The van der Waals surface area contributed by atoms with Crippen LogP contribution in [0.1, 0.15) is 36.4 Å². The molecule has 34 heavy (non-hydrogen) atoms. The van der Waals surface area contributed by atoms with E-state index in [0.717, 1.165) is 6.42 Å². The van der Waals surface area contributed by atoms with Crippen molar-refractivity contribution in [2.45, 2.75) is 31.7 Å². The van der Waals surface area contributed by atoms with Gasteiger partial charge in [-0.2, -0.15) is 0 Å². The van der Waals surface area contributed by atoms with Gasteiger partial charge in [-0.15, -0.1) is 0 Å². The van der Waals surface area contributed by atoms with Gasteiger partial charge in [0.15, 0.2) is 5.11 Å². The van der Waals surface area contributed by atoms with Gasteiger partial charge in [-0.1, -0.05) is 13.8 Å². The maximum Gasteiger partial charge on any atom is 0.257 e. The second kappa shape index (κ2) is 11.8. The summed E-state index contributed by atoms with van der Waals surface area (Å²) in [7, 11) is -3.70. The summed E-state index contributed by atoms with van der Waals surface area (Å²) in [5, 5.41) is 5.56. The average Bonchev–Trinajstić information content (AvgIpc) is 3.32. The summed E-state index contributed by atoms with van der Waals surface area (Å²) in [6.07, 6.45) is 2.43. The molecule has 1 heterocycles. The van der Waals surface area contributed by atoms with Crippen molar-refractivity contribution in [3.05, 3.63) is 78.3 Å². The molecular weight excluding hydrogens is 474 g/mol. The minimum atomic E-state index is -3.70. The highest BCUT2D eigenvalue weighted by atomic mass is 32.2. The van der Waals surface area contributed by atoms with Gasteiger partial charge in [0.2, 0.25) is 10.0 Å². The van der Waals surface area contributed by atoms with E-state index in [0.29, 0.717) is 35.3 Å². The summed E-state index contributed by atoms with van der Waals surface area (Å²) in [6.45, 7) is 4.93. The third-order valence-electron chi connectivity index (χ3n) is 4.75. The molecule has 3 N–H and O–H groups in total. The van der Waals surface area contributed by atoms with Crippen LogP contribution < -0.4 is 20.1 Å². The Bertz CT molecular complexity index is 1190. The summed E-state index contributed by atoms with van der Waals surface area (Å²) >= 11 is 5.20. The molecule has 0 saturated heterocycles. The standard InChI is InChI=1S/C24H27N3O5S2/c1-17(2)13-15-32-20-9-5-18(6-10-20)23(28)27-24(33)26-19-7-11-22(12-8-19)34(29,30)25-16-21-4-3-14-31-21/h3-12,14,17,25H,13,15-16H2,1-2H3,(H2,26,27,28,33). The molecule has 1 aromatic heterocycles. The fraction of sp³-hybridized carbons (Fsp3) is 0.250. The SMILES string of the molecule is CC(C)CCOc1ccc(C(=O)NC(=S)Nc2ccc(S(=O)(=O)NCc3ccco3)cc2)cc1. The molecule has 8 nitrogen and oxygen atoms in total. The first-order chi connectivity index (χ1) is 16.2. The number of rotatable bonds is 10. The lowest BCUT2D eigenvalue weighted by Crippen LogP contribution is -2.34. The number of carbonyl (C=O) groups excluding carboxylic acids is 1. The van der Waals surface area contributed by atoms with Crippen molar-refractivity contribution in [2.24, 2.45) is 5.92 Å². The molecule has 1 amide bonds. The number of anilines is 1. The van der Waals surface area contributed by atoms with Gasteiger partial charge in [0.1, 0.15) is 11.5 Å². The number of carbonyl (C=O) groups is 1. The van der Waals surface area contributed by atoms with Crippen LogP contribution in [-0.2, 0) is 16.6 Å². The summed E-state index contributed by atoms with van der Waals surface area (Å²) in [6, 6.07) is 16.2. The Hall–Kier alpha value is -3.21. The van der Waals surface area contributed by atoms with E-state index < -0.39 is 10.0 Å². The van der Waals surface area contributed by atoms with Crippen molar-refractivity contribution in [2.75, 3.05) is 11.9 Å². The quantitative estimate of drug-likeness (QED) is 0.355. The zero-order chi connectivity index (χ0) is 24.6. The van der Waals surface area contributed by atoms with Crippen molar-refractivity contribution in [1.82, 2.24) is 10.0 Å². The minimum Gasteiger partial charge on any atom is -0.494 e. The normalized spacial score (nSPS) is 11.3. The molecule has 0 radical (unpaired) electrons. The van der Waals surface area contributed by atoms with Gasteiger partial charge in [-0.05, 0) is 85.2 Å². The van der Waals surface area contributed by atoms with Crippen molar-refractivity contribution < 1.29 is 22.4 Å². The lowest BCUT2D eigenvalue weighted by Gasteiger charge is -2.11. The Morgan fingerprint density at radius 1 is 1.06 bits per heavy atom. The van der Waals surface area contributed by atoms with E-state index in [1.807, 2.05) is 0 Å². The molecule has 180 valence electrons. The second-order valence-corrected chi connectivity index (χ2v) is 10.1. The van der Waals surface area contributed by atoms with Gasteiger partial charge in [0.25, 0.3) is 5.91 Å². The van der Waals surface area contributed by atoms with E-state index in [4.69, 9.17) is 21.4 Å².